The molecule has 1 aliphatic rings. The summed E-state index contributed by atoms with van der Waals surface area (Å²) in [6.07, 6.45) is 2.76. The van der Waals surface area contributed by atoms with Gasteiger partial charge in [-0.3, -0.25) is 14.9 Å². The third-order valence-corrected chi connectivity index (χ3v) is 4.08. The van der Waals surface area contributed by atoms with E-state index >= 15 is 0 Å². The molecule has 1 amide bonds. The van der Waals surface area contributed by atoms with E-state index in [1.165, 1.54) is 6.07 Å². The second kappa shape index (κ2) is 7.92. The Bertz CT molecular complexity index is 570. The van der Waals surface area contributed by atoms with Gasteiger partial charge in [0.05, 0.1) is 4.92 Å². The van der Waals surface area contributed by atoms with E-state index in [0.717, 1.165) is 31.5 Å². The Morgan fingerprint density at radius 3 is 2.70 bits per heavy atom. The Morgan fingerprint density at radius 1 is 1.39 bits per heavy atom. The third kappa shape index (κ3) is 4.19. The molecule has 1 aromatic rings. The molecular formula is C16H23N3O4. The monoisotopic (exact) mass is 321 g/mol. The van der Waals surface area contributed by atoms with Crippen molar-refractivity contribution in [1.82, 2.24) is 4.90 Å². The molecule has 0 aliphatic carbocycles. The molecule has 0 unspecified atom stereocenters. The second-order valence-electron chi connectivity index (χ2n) is 5.73. The van der Waals surface area contributed by atoms with E-state index in [2.05, 4.69) is 0 Å². The van der Waals surface area contributed by atoms with Crippen LogP contribution in [-0.2, 0) is 4.74 Å². The number of nitro groups is 1. The summed E-state index contributed by atoms with van der Waals surface area (Å²) in [5, 5.41) is 11.2. The lowest BCUT2D eigenvalue weighted by molar-refractivity contribution is -0.385. The highest BCUT2D eigenvalue weighted by molar-refractivity contribution is 5.99. The molecular weight excluding hydrogens is 298 g/mol. The Kier molecular flexibility index (Phi) is 5.92. The zero-order valence-corrected chi connectivity index (χ0v) is 13.7. The molecule has 0 saturated carbocycles. The predicted octanol–water partition coefficient (Wildman–Crippen LogP) is 2.30. The van der Waals surface area contributed by atoms with Crippen LogP contribution in [0.4, 0.5) is 11.4 Å². The normalized spacial score (nSPS) is 14.1. The summed E-state index contributed by atoms with van der Waals surface area (Å²) >= 11 is 0. The van der Waals surface area contributed by atoms with E-state index in [9.17, 15) is 14.9 Å². The lowest BCUT2D eigenvalue weighted by Gasteiger charge is -2.21. The largest absolute Gasteiger partial charge is 0.385 e. The SMILES string of the molecule is COCCCN(C)c1ccc([N+](=O)[O-])c(C(=O)N2CCCC2)c1. The van der Waals surface area contributed by atoms with Gasteiger partial charge in [-0.05, 0) is 31.4 Å². The molecule has 7 heteroatoms. The van der Waals surface area contributed by atoms with Gasteiger partial charge in [-0.1, -0.05) is 0 Å². The topological polar surface area (TPSA) is 75.9 Å². The molecule has 1 saturated heterocycles. The van der Waals surface area contributed by atoms with Crippen LogP contribution in [0.25, 0.3) is 0 Å². The van der Waals surface area contributed by atoms with Gasteiger partial charge in [-0.2, -0.15) is 0 Å². The van der Waals surface area contributed by atoms with Crippen LogP contribution in [0.3, 0.4) is 0 Å². The van der Waals surface area contributed by atoms with Crippen LogP contribution in [0.1, 0.15) is 29.6 Å². The zero-order valence-electron chi connectivity index (χ0n) is 13.7. The number of hydrogen-bond donors (Lipinski definition) is 0. The summed E-state index contributed by atoms with van der Waals surface area (Å²) in [4.78, 5) is 27.0. The number of ether oxygens (including phenoxy) is 1. The van der Waals surface area contributed by atoms with E-state index in [-0.39, 0.29) is 17.2 Å². The first-order valence-electron chi connectivity index (χ1n) is 7.82. The van der Waals surface area contributed by atoms with Crippen molar-refractivity contribution < 1.29 is 14.5 Å². The molecule has 0 bridgehead atoms. The Balaban J connectivity index is 2.24. The second-order valence-corrected chi connectivity index (χ2v) is 5.73. The number of nitrogens with zero attached hydrogens (tertiary/aromatic N) is 3. The van der Waals surface area contributed by atoms with Crippen molar-refractivity contribution in [3.63, 3.8) is 0 Å². The van der Waals surface area contributed by atoms with E-state index in [0.29, 0.717) is 19.7 Å². The first-order chi connectivity index (χ1) is 11.0. The van der Waals surface area contributed by atoms with Crippen LogP contribution in [0.2, 0.25) is 0 Å². The van der Waals surface area contributed by atoms with E-state index in [4.69, 9.17) is 4.74 Å². The quantitative estimate of drug-likeness (QED) is 0.437. The average molecular weight is 321 g/mol. The van der Waals surface area contributed by atoms with E-state index in [1.807, 2.05) is 11.9 Å². The summed E-state index contributed by atoms with van der Waals surface area (Å²) in [5.41, 5.74) is 0.846. The van der Waals surface area contributed by atoms with Crippen LogP contribution in [0.5, 0.6) is 0 Å². The molecule has 1 heterocycles. The molecule has 23 heavy (non-hydrogen) atoms. The van der Waals surface area contributed by atoms with Gasteiger partial charge in [-0.15, -0.1) is 0 Å². The summed E-state index contributed by atoms with van der Waals surface area (Å²) in [6, 6.07) is 4.74. The van der Waals surface area contributed by atoms with Crippen molar-refractivity contribution in [2.45, 2.75) is 19.3 Å². The minimum Gasteiger partial charge on any atom is -0.385 e. The van der Waals surface area contributed by atoms with Gasteiger partial charge < -0.3 is 14.5 Å². The van der Waals surface area contributed by atoms with Crippen molar-refractivity contribution in [3.8, 4) is 0 Å². The van der Waals surface area contributed by atoms with Crippen molar-refractivity contribution in [1.29, 1.82) is 0 Å². The van der Waals surface area contributed by atoms with Crippen LogP contribution in [0, 0.1) is 10.1 Å². The number of anilines is 1. The number of likely N-dealkylation sites (tertiary alicyclic amines) is 1. The fraction of sp³-hybridized carbons (Fsp3) is 0.562. The summed E-state index contributed by atoms with van der Waals surface area (Å²) in [6.45, 7) is 2.74. The molecule has 1 aliphatic heterocycles. The summed E-state index contributed by atoms with van der Waals surface area (Å²) < 4.78 is 5.03. The predicted molar refractivity (Wildman–Crippen MR) is 88.0 cm³/mol. The lowest BCUT2D eigenvalue weighted by atomic mass is 10.1. The zero-order chi connectivity index (χ0) is 16.8. The molecule has 0 N–H and O–H groups in total. The smallest absolute Gasteiger partial charge is 0.282 e. The molecule has 126 valence electrons. The Hall–Kier alpha value is -2.15. The minimum atomic E-state index is -0.488. The number of rotatable bonds is 7. The van der Waals surface area contributed by atoms with Gasteiger partial charge in [-0.25, -0.2) is 0 Å². The summed E-state index contributed by atoms with van der Waals surface area (Å²) in [5.74, 6) is -0.249. The molecule has 2 rings (SSSR count). The van der Waals surface area contributed by atoms with E-state index in [1.54, 1.807) is 24.1 Å². The van der Waals surface area contributed by atoms with Crippen LogP contribution >= 0.6 is 0 Å². The van der Waals surface area contributed by atoms with Gasteiger partial charge in [0.1, 0.15) is 5.56 Å². The van der Waals surface area contributed by atoms with Crippen molar-refractivity contribution in [3.05, 3.63) is 33.9 Å². The van der Waals surface area contributed by atoms with Crippen molar-refractivity contribution >= 4 is 17.3 Å². The first kappa shape index (κ1) is 17.2. The van der Waals surface area contributed by atoms with Gasteiger partial charge in [0.15, 0.2) is 0 Å². The van der Waals surface area contributed by atoms with Gasteiger partial charge in [0.25, 0.3) is 11.6 Å². The number of methoxy groups -OCH3 is 1. The number of benzene rings is 1. The molecule has 1 fully saturated rings. The van der Waals surface area contributed by atoms with Crippen LogP contribution in [0.15, 0.2) is 18.2 Å². The highest BCUT2D eigenvalue weighted by Gasteiger charge is 2.27. The molecule has 1 aromatic carbocycles. The molecule has 0 atom stereocenters. The van der Waals surface area contributed by atoms with Gasteiger partial charge in [0, 0.05) is 52.2 Å². The fourth-order valence-corrected chi connectivity index (χ4v) is 2.76. The Labute approximate surface area is 136 Å². The number of carbonyl (C=O) groups excluding carboxylic acids is 1. The molecule has 7 nitrogen and oxygen atoms in total. The van der Waals surface area contributed by atoms with E-state index < -0.39 is 4.92 Å². The van der Waals surface area contributed by atoms with Gasteiger partial charge in [0.2, 0.25) is 0 Å². The average Bonchev–Trinajstić information content (AvgIpc) is 3.08. The number of nitro benzene ring substituents is 1. The number of carbonyl (C=O) groups is 1. The maximum absolute atomic E-state index is 12.6. The standard InChI is InChI=1S/C16H23N3O4/c1-17(8-5-11-23-2)13-6-7-15(19(21)22)14(12-13)16(20)18-9-3-4-10-18/h6-7,12H,3-5,8-11H2,1-2H3. The number of hydrogen-bond acceptors (Lipinski definition) is 5. The lowest BCUT2D eigenvalue weighted by Crippen LogP contribution is -2.28. The first-order valence-corrected chi connectivity index (χ1v) is 7.82. The Morgan fingerprint density at radius 2 is 2.09 bits per heavy atom. The summed E-state index contributed by atoms with van der Waals surface area (Å²) in [7, 11) is 3.56. The van der Waals surface area contributed by atoms with Crippen LogP contribution < -0.4 is 4.90 Å². The highest BCUT2D eigenvalue weighted by atomic mass is 16.6. The highest BCUT2D eigenvalue weighted by Crippen LogP contribution is 2.27. The molecule has 0 spiro atoms. The third-order valence-electron chi connectivity index (χ3n) is 4.08. The van der Waals surface area contributed by atoms with Crippen molar-refractivity contribution in [2.75, 3.05) is 45.3 Å². The van der Waals surface area contributed by atoms with Crippen molar-refractivity contribution in [2.24, 2.45) is 0 Å². The maximum atomic E-state index is 12.6. The molecule has 0 radical (unpaired) electrons. The minimum absolute atomic E-state index is 0.129. The fourth-order valence-electron chi connectivity index (χ4n) is 2.76. The molecule has 0 aromatic heterocycles. The maximum Gasteiger partial charge on any atom is 0.282 e. The van der Waals surface area contributed by atoms with Crippen LogP contribution in [-0.4, -0.2) is 56.1 Å². The van der Waals surface area contributed by atoms with Gasteiger partial charge >= 0.3 is 0 Å². The number of amides is 1.